The summed E-state index contributed by atoms with van der Waals surface area (Å²) in [5, 5.41) is 7.74. The molecule has 2 N–H and O–H groups in total. The molecule has 0 amide bonds. The Labute approximate surface area is 141 Å². The highest BCUT2D eigenvalue weighted by atomic mass is 32.1. The molecule has 0 radical (unpaired) electrons. The van der Waals surface area contributed by atoms with Crippen molar-refractivity contribution in [2.75, 3.05) is 13.7 Å². The normalized spacial score (nSPS) is 11.4. The lowest BCUT2D eigenvalue weighted by molar-refractivity contribution is 0.336. The van der Waals surface area contributed by atoms with Gasteiger partial charge in [0.15, 0.2) is 5.96 Å². The molecule has 0 saturated heterocycles. The fourth-order valence-electron chi connectivity index (χ4n) is 2.25. The average molecular weight is 332 g/mol. The van der Waals surface area contributed by atoms with Gasteiger partial charge in [0.25, 0.3) is 0 Å². The molecule has 0 unspecified atom stereocenters. The largest absolute Gasteiger partial charge is 0.494 e. The average Bonchev–Trinajstić information content (AvgIpc) is 2.87. The van der Waals surface area contributed by atoms with E-state index in [-0.39, 0.29) is 0 Å². The molecule has 1 aromatic heterocycles. The first kappa shape index (κ1) is 17.3. The summed E-state index contributed by atoms with van der Waals surface area (Å²) in [6.45, 7) is 8.10. The molecule has 6 heteroatoms. The lowest BCUT2D eigenvalue weighted by atomic mass is 10.2. The van der Waals surface area contributed by atoms with Gasteiger partial charge in [-0.3, -0.25) is 4.99 Å². The summed E-state index contributed by atoms with van der Waals surface area (Å²) < 4.78 is 5.64. The summed E-state index contributed by atoms with van der Waals surface area (Å²) in [7, 11) is 1.77. The summed E-state index contributed by atoms with van der Waals surface area (Å²) >= 11 is 1.71. The van der Waals surface area contributed by atoms with Crippen LogP contribution >= 0.6 is 11.3 Å². The van der Waals surface area contributed by atoms with Gasteiger partial charge in [-0.25, -0.2) is 4.98 Å². The molecule has 1 heterocycles. The van der Waals surface area contributed by atoms with E-state index in [9.17, 15) is 0 Å². The number of aliphatic imine (C=N–C) groups is 1. The highest BCUT2D eigenvalue weighted by Crippen LogP contribution is 2.18. The number of hydrogen-bond acceptors (Lipinski definition) is 4. The van der Waals surface area contributed by atoms with E-state index in [4.69, 9.17) is 4.74 Å². The van der Waals surface area contributed by atoms with Crippen molar-refractivity contribution in [1.82, 2.24) is 15.6 Å². The molecule has 124 valence electrons. The number of benzene rings is 1. The Hall–Kier alpha value is -2.08. The van der Waals surface area contributed by atoms with Crippen molar-refractivity contribution < 1.29 is 4.74 Å². The van der Waals surface area contributed by atoms with Gasteiger partial charge in [-0.2, -0.15) is 0 Å². The van der Waals surface area contributed by atoms with Crippen LogP contribution in [0.4, 0.5) is 0 Å². The second-order valence-electron chi connectivity index (χ2n) is 5.06. The van der Waals surface area contributed by atoms with E-state index in [0.29, 0.717) is 13.2 Å². The number of nitrogens with one attached hydrogen (secondary N) is 2. The third-order valence-corrected chi connectivity index (χ3v) is 4.43. The summed E-state index contributed by atoms with van der Waals surface area (Å²) in [5.74, 6) is 1.67. The van der Waals surface area contributed by atoms with Crippen LogP contribution in [0.2, 0.25) is 0 Å². The topological polar surface area (TPSA) is 58.5 Å². The molecular formula is C17H24N4OS. The summed E-state index contributed by atoms with van der Waals surface area (Å²) in [6.07, 6.45) is 0. The highest BCUT2D eigenvalue weighted by Gasteiger charge is 2.07. The maximum Gasteiger partial charge on any atom is 0.191 e. The Morgan fingerprint density at radius 3 is 2.61 bits per heavy atom. The fourth-order valence-corrected chi connectivity index (χ4v) is 3.12. The van der Waals surface area contributed by atoms with E-state index in [1.807, 2.05) is 39.0 Å². The van der Waals surface area contributed by atoms with Crippen molar-refractivity contribution in [2.24, 2.45) is 4.99 Å². The quantitative estimate of drug-likeness (QED) is 0.631. The summed E-state index contributed by atoms with van der Waals surface area (Å²) in [6, 6.07) is 8.04. The molecule has 0 spiro atoms. The molecular weight excluding hydrogens is 308 g/mol. The molecule has 0 fully saturated rings. The van der Waals surface area contributed by atoms with Crippen LogP contribution in [0.15, 0.2) is 29.3 Å². The molecule has 0 atom stereocenters. The standard InChI is InChI=1S/C17H24N4OS/c1-5-22-15-9-7-6-8-14(15)10-19-17(18-4)20-11-16-12(2)21-13(3)23-16/h6-9H,5,10-11H2,1-4H3,(H2,18,19,20). The van der Waals surface area contributed by atoms with Gasteiger partial charge in [0.05, 0.1) is 23.9 Å². The van der Waals surface area contributed by atoms with E-state index in [1.54, 1.807) is 18.4 Å². The molecule has 1 aromatic carbocycles. The SMILES string of the molecule is CCOc1ccccc1CNC(=NC)NCc1sc(C)nc1C. The predicted octanol–water partition coefficient (Wildman–Crippen LogP) is 3.02. The van der Waals surface area contributed by atoms with Gasteiger partial charge in [-0.05, 0) is 26.8 Å². The number of rotatable bonds is 6. The number of aromatic nitrogens is 1. The van der Waals surface area contributed by atoms with Gasteiger partial charge in [-0.1, -0.05) is 18.2 Å². The minimum absolute atomic E-state index is 0.661. The Balaban J connectivity index is 1.92. The maximum atomic E-state index is 5.64. The van der Waals surface area contributed by atoms with Crippen LogP contribution in [0.1, 0.15) is 28.1 Å². The number of ether oxygens (including phenoxy) is 1. The van der Waals surface area contributed by atoms with Crippen molar-refractivity contribution in [2.45, 2.75) is 33.9 Å². The Kier molecular flexibility index (Phi) is 6.40. The molecule has 23 heavy (non-hydrogen) atoms. The number of para-hydroxylation sites is 1. The van der Waals surface area contributed by atoms with Crippen molar-refractivity contribution in [3.8, 4) is 5.75 Å². The number of nitrogens with zero attached hydrogens (tertiary/aromatic N) is 2. The van der Waals surface area contributed by atoms with Crippen LogP contribution in [0.25, 0.3) is 0 Å². The second-order valence-corrected chi connectivity index (χ2v) is 6.35. The Morgan fingerprint density at radius 1 is 1.22 bits per heavy atom. The Morgan fingerprint density at radius 2 is 1.96 bits per heavy atom. The molecule has 0 aliphatic rings. The van der Waals surface area contributed by atoms with Crippen LogP contribution in [0.3, 0.4) is 0 Å². The molecule has 2 aromatic rings. The number of guanidine groups is 1. The monoisotopic (exact) mass is 332 g/mol. The van der Waals surface area contributed by atoms with Gasteiger partial charge in [0.1, 0.15) is 5.75 Å². The lowest BCUT2D eigenvalue weighted by Crippen LogP contribution is -2.36. The van der Waals surface area contributed by atoms with Crippen molar-refractivity contribution in [3.63, 3.8) is 0 Å². The van der Waals surface area contributed by atoms with E-state index < -0.39 is 0 Å². The first-order valence-corrected chi connectivity index (χ1v) is 8.53. The number of hydrogen-bond donors (Lipinski definition) is 2. The smallest absolute Gasteiger partial charge is 0.191 e. The summed E-state index contributed by atoms with van der Waals surface area (Å²) in [5.41, 5.74) is 2.19. The van der Waals surface area contributed by atoms with E-state index in [1.165, 1.54) is 4.88 Å². The Bertz CT molecular complexity index is 666. The highest BCUT2D eigenvalue weighted by molar-refractivity contribution is 7.11. The molecule has 0 aliphatic heterocycles. The minimum Gasteiger partial charge on any atom is -0.494 e. The van der Waals surface area contributed by atoms with Crippen molar-refractivity contribution in [1.29, 1.82) is 0 Å². The fraction of sp³-hybridized carbons (Fsp3) is 0.412. The predicted molar refractivity (Wildman–Crippen MR) is 96.2 cm³/mol. The van der Waals surface area contributed by atoms with Crippen LogP contribution in [0.5, 0.6) is 5.75 Å². The number of thiazole rings is 1. The van der Waals surface area contributed by atoms with Crippen LogP contribution in [-0.2, 0) is 13.1 Å². The van der Waals surface area contributed by atoms with Crippen molar-refractivity contribution in [3.05, 3.63) is 45.4 Å². The first-order chi connectivity index (χ1) is 11.1. The van der Waals surface area contributed by atoms with Gasteiger partial charge < -0.3 is 15.4 Å². The van der Waals surface area contributed by atoms with Gasteiger partial charge >= 0.3 is 0 Å². The zero-order chi connectivity index (χ0) is 16.7. The zero-order valence-corrected chi connectivity index (χ0v) is 15.0. The van der Waals surface area contributed by atoms with Gasteiger partial charge in [0, 0.05) is 24.0 Å². The lowest BCUT2D eigenvalue weighted by Gasteiger charge is -2.14. The van der Waals surface area contributed by atoms with Gasteiger partial charge in [0.2, 0.25) is 0 Å². The van der Waals surface area contributed by atoms with E-state index >= 15 is 0 Å². The maximum absolute atomic E-state index is 5.64. The van der Waals surface area contributed by atoms with Crippen molar-refractivity contribution >= 4 is 17.3 Å². The third kappa shape index (κ3) is 4.96. The number of aryl methyl sites for hydroxylation is 2. The molecule has 5 nitrogen and oxygen atoms in total. The second kappa shape index (κ2) is 8.53. The third-order valence-electron chi connectivity index (χ3n) is 3.36. The van der Waals surface area contributed by atoms with Crippen LogP contribution in [0, 0.1) is 13.8 Å². The van der Waals surface area contributed by atoms with E-state index in [2.05, 4.69) is 26.7 Å². The van der Waals surface area contributed by atoms with Gasteiger partial charge in [-0.15, -0.1) is 11.3 Å². The zero-order valence-electron chi connectivity index (χ0n) is 14.1. The van der Waals surface area contributed by atoms with E-state index in [0.717, 1.165) is 34.5 Å². The molecule has 0 saturated carbocycles. The van der Waals surface area contributed by atoms with Crippen LogP contribution in [-0.4, -0.2) is 24.6 Å². The minimum atomic E-state index is 0.661. The molecule has 0 bridgehead atoms. The van der Waals surface area contributed by atoms with Crippen LogP contribution < -0.4 is 15.4 Å². The summed E-state index contributed by atoms with van der Waals surface area (Å²) in [4.78, 5) is 9.95. The first-order valence-electron chi connectivity index (χ1n) is 7.72. The molecule has 0 aliphatic carbocycles. The molecule has 2 rings (SSSR count).